The number of aliphatic carboxylic acids is 1. The fraction of sp³-hybridized carbons (Fsp3) is 0.529. The Morgan fingerprint density at radius 3 is 2.62 bits per heavy atom. The standard InChI is InChI=1S/C17H19ClFNO4/c18-11-1-2-14(19)13(9-11)16(21)20-6-3-10(4-7-20)15-12(17(22)23)5-8-24-15/h1-2,9-10,12,15H,3-8H2,(H,22,23)/t12?,15-/m0/s1. The summed E-state index contributed by atoms with van der Waals surface area (Å²) in [5.74, 6) is -2.14. The van der Waals surface area contributed by atoms with Gasteiger partial charge in [0.15, 0.2) is 0 Å². The highest BCUT2D eigenvalue weighted by Crippen LogP contribution is 2.33. The molecule has 2 fully saturated rings. The minimum atomic E-state index is -0.822. The topological polar surface area (TPSA) is 66.8 Å². The van der Waals surface area contributed by atoms with Crippen molar-refractivity contribution in [3.8, 4) is 0 Å². The number of carboxylic acids is 1. The van der Waals surface area contributed by atoms with Gasteiger partial charge in [0, 0.05) is 24.7 Å². The van der Waals surface area contributed by atoms with Crippen molar-refractivity contribution in [1.82, 2.24) is 4.90 Å². The van der Waals surface area contributed by atoms with E-state index in [1.165, 1.54) is 18.2 Å². The van der Waals surface area contributed by atoms with E-state index in [0.717, 1.165) is 0 Å². The Bertz CT molecular complexity index is 645. The first kappa shape index (κ1) is 17.2. The lowest BCUT2D eigenvalue weighted by Gasteiger charge is -2.35. The summed E-state index contributed by atoms with van der Waals surface area (Å²) in [4.78, 5) is 25.4. The van der Waals surface area contributed by atoms with E-state index in [1.807, 2.05) is 0 Å². The van der Waals surface area contributed by atoms with Gasteiger partial charge in [0.1, 0.15) is 5.82 Å². The van der Waals surface area contributed by atoms with E-state index in [1.54, 1.807) is 4.90 Å². The van der Waals surface area contributed by atoms with Gasteiger partial charge < -0.3 is 14.7 Å². The number of ether oxygens (including phenoxy) is 1. The number of piperidine rings is 1. The van der Waals surface area contributed by atoms with Gasteiger partial charge in [0.05, 0.1) is 17.6 Å². The zero-order valence-electron chi connectivity index (χ0n) is 13.1. The Hall–Kier alpha value is -1.66. The molecule has 1 N–H and O–H groups in total. The van der Waals surface area contributed by atoms with Crippen LogP contribution < -0.4 is 0 Å². The van der Waals surface area contributed by atoms with Crippen LogP contribution in [0.5, 0.6) is 0 Å². The predicted octanol–water partition coefficient (Wildman–Crippen LogP) is 2.82. The Morgan fingerprint density at radius 1 is 1.25 bits per heavy atom. The molecule has 130 valence electrons. The Balaban J connectivity index is 1.63. The highest BCUT2D eigenvalue weighted by Gasteiger charge is 2.40. The highest BCUT2D eigenvalue weighted by molar-refractivity contribution is 6.31. The lowest BCUT2D eigenvalue weighted by Crippen LogP contribution is -2.43. The Kier molecular flexibility index (Phi) is 5.06. The zero-order valence-corrected chi connectivity index (χ0v) is 13.8. The number of hydrogen-bond donors (Lipinski definition) is 1. The minimum absolute atomic E-state index is 0.0264. The van der Waals surface area contributed by atoms with Gasteiger partial charge in [-0.2, -0.15) is 0 Å². The van der Waals surface area contributed by atoms with E-state index >= 15 is 0 Å². The van der Waals surface area contributed by atoms with Gasteiger partial charge in [0.25, 0.3) is 5.91 Å². The Morgan fingerprint density at radius 2 is 1.96 bits per heavy atom. The van der Waals surface area contributed by atoms with Crippen LogP contribution in [0.25, 0.3) is 0 Å². The van der Waals surface area contributed by atoms with E-state index < -0.39 is 17.7 Å². The maximum absolute atomic E-state index is 13.8. The third kappa shape index (κ3) is 3.39. The normalized spacial score (nSPS) is 25.0. The molecular formula is C17H19ClFNO4. The van der Waals surface area contributed by atoms with Crippen LogP contribution in [0, 0.1) is 17.7 Å². The number of benzene rings is 1. The largest absolute Gasteiger partial charge is 0.481 e. The monoisotopic (exact) mass is 355 g/mol. The van der Waals surface area contributed by atoms with Gasteiger partial charge in [-0.1, -0.05) is 11.6 Å². The van der Waals surface area contributed by atoms with E-state index in [9.17, 15) is 19.1 Å². The molecular weight excluding hydrogens is 337 g/mol. The molecule has 2 heterocycles. The lowest BCUT2D eigenvalue weighted by molar-refractivity contribution is -0.145. The first-order valence-electron chi connectivity index (χ1n) is 8.06. The molecule has 1 aromatic carbocycles. The second kappa shape index (κ2) is 7.07. The number of hydrogen-bond acceptors (Lipinski definition) is 3. The molecule has 0 aromatic heterocycles. The third-order valence-corrected chi connectivity index (χ3v) is 5.14. The third-order valence-electron chi connectivity index (χ3n) is 4.90. The van der Waals surface area contributed by atoms with Gasteiger partial charge in [-0.25, -0.2) is 4.39 Å². The molecule has 0 radical (unpaired) electrons. The number of carboxylic acid groups (broad SMARTS) is 1. The molecule has 2 saturated heterocycles. The number of likely N-dealkylation sites (tertiary alicyclic amines) is 1. The number of nitrogens with zero attached hydrogens (tertiary/aromatic N) is 1. The van der Waals surface area contributed by atoms with Crippen molar-refractivity contribution in [1.29, 1.82) is 0 Å². The summed E-state index contributed by atoms with van der Waals surface area (Å²) < 4.78 is 19.5. The average molecular weight is 356 g/mol. The number of amides is 1. The molecule has 2 aliphatic rings. The SMILES string of the molecule is O=C(O)C1CCO[C@H]1C1CCN(C(=O)c2cc(Cl)ccc2F)CC1. The molecule has 0 aliphatic carbocycles. The van der Waals surface area contributed by atoms with Crippen molar-refractivity contribution in [2.24, 2.45) is 11.8 Å². The first-order chi connectivity index (χ1) is 11.5. The summed E-state index contributed by atoms with van der Waals surface area (Å²) in [6, 6.07) is 3.93. The van der Waals surface area contributed by atoms with Crippen molar-refractivity contribution >= 4 is 23.5 Å². The maximum Gasteiger partial charge on any atom is 0.309 e. The van der Waals surface area contributed by atoms with E-state index in [2.05, 4.69) is 0 Å². The molecule has 5 nitrogen and oxygen atoms in total. The van der Waals surface area contributed by atoms with Crippen molar-refractivity contribution < 1.29 is 23.8 Å². The summed E-state index contributed by atoms with van der Waals surface area (Å²) in [7, 11) is 0. The van der Waals surface area contributed by atoms with Crippen LogP contribution in [0.1, 0.15) is 29.6 Å². The smallest absolute Gasteiger partial charge is 0.309 e. The van der Waals surface area contributed by atoms with E-state index in [4.69, 9.17) is 16.3 Å². The van der Waals surface area contributed by atoms with Crippen molar-refractivity contribution in [3.05, 3.63) is 34.6 Å². The predicted molar refractivity (Wildman–Crippen MR) is 85.5 cm³/mol. The molecule has 0 spiro atoms. The van der Waals surface area contributed by atoms with Crippen LogP contribution in [-0.4, -0.2) is 47.7 Å². The molecule has 2 aliphatic heterocycles. The summed E-state index contributed by atoms with van der Waals surface area (Å²) in [5.41, 5.74) is -0.0264. The van der Waals surface area contributed by atoms with Crippen molar-refractivity contribution in [2.75, 3.05) is 19.7 Å². The van der Waals surface area contributed by atoms with Crippen LogP contribution in [0.3, 0.4) is 0 Å². The molecule has 2 atom stereocenters. The number of rotatable bonds is 3. The fourth-order valence-electron chi connectivity index (χ4n) is 3.60. The van der Waals surface area contributed by atoms with Gasteiger partial charge >= 0.3 is 5.97 Å². The second-order valence-electron chi connectivity index (χ2n) is 6.32. The molecule has 24 heavy (non-hydrogen) atoms. The number of carbonyl (C=O) groups excluding carboxylic acids is 1. The molecule has 1 aromatic rings. The molecule has 1 amide bonds. The summed E-state index contributed by atoms with van der Waals surface area (Å²) in [6.07, 6.45) is 1.56. The molecule has 0 bridgehead atoms. The van der Waals surface area contributed by atoms with Gasteiger partial charge in [0.2, 0.25) is 0 Å². The van der Waals surface area contributed by atoms with Crippen LogP contribution >= 0.6 is 11.6 Å². The maximum atomic E-state index is 13.8. The van der Waals surface area contributed by atoms with Crippen LogP contribution in [0.2, 0.25) is 5.02 Å². The van der Waals surface area contributed by atoms with Gasteiger partial charge in [-0.15, -0.1) is 0 Å². The van der Waals surface area contributed by atoms with E-state index in [0.29, 0.717) is 44.0 Å². The van der Waals surface area contributed by atoms with E-state index in [-0.39, 0.29) is 23.5 Å². The zero-order chi connectivity index (χ0) is 17.3. The number of halogens is 2. The van der Waals surface area contributed by atoms with Gasteiger partial charge in [-0.05, 0) is 43.4 Å². The lowest BCUT2D eigenvalue weighted by atomic mass is 9.84. The summed E-state index contributed by atoms with van der Waals surface area (Å²) in [5, 5.41) is 9.58. The van der Waals surface area contributed by atoms with Crippen LogP contribution in [-0.2, 0) is 9.53 Å². The molecule has 7 heteroatoms. The highest BCUT2D eigenvalue weighted by atomic mass is 35.5. The van der Waals surface area contributed by atoms with Crippen LogP contribution in [0.15, 0.2) is 18.2 Å². The Labute approximate surface area is 144 Å². The second-order valence-corrected chi connectivity index (χ2v) is 6.76. The number of carbonyl (C=O) groups is 2. The summed E-state index contributed by atoms with van der Waals surface area (Å²) >= 11 is 5.85. The van der Waals surface area contributed by atoms with Crippen LogP contribution in [0.4, 0.5) is 4.39 Å². The first-order valence-corrected chi connectivity index (χ1v) is 8.44. The van der Waals surface area contributed by atoms with Gasteiger partial charge in [-0.3, -0.25) is 9.59 Å². The quantitative estimate of drug-likeness (QED) is 0.905. The van der Waals surface area contributed by atoms with Crippen molar-refractivity contribution in [2.45, 2.75) is 25.4 Å². The van der Waals surface area contributed by atoms with Crippen molar-refractivity contribution in [3.63, 3.8) is 0 Å². The molecule has 1 unspecified atom stereocenters. The summed E-state index contributed by atoms with van der Waals surface area (Å²) in [6.45, 7) is 1.39. The molecule has 0 saturated carbocycles. The molecule has 3 rings (SSSR count). The average Bonchev–Trinajstić information content (AvgIpc) is 3.06. The minimum Gasteiger partial charge on any atom is -0.481 e. The fourth-order valence-corrected chi connectivity index (χ4v) is 3.78.